The Hall–Kier alpha value is -0.120. The van der Waals surface area contributed by atoms with E-state index in [1.807, 2.05) is 0 Å². The van der Waals surface area contributed by atoms with Crippen LogP contribution in [0.1, 0.15) is 46.0 Å². The normalized spacial score (nSPS) is 26.2. The number of nitrogens with one attached hydrogen (secondary N) is 1. The van der Waals surface area contributed by atoms with E-state index < -0.39 is 0 Å². The molecular formula is C15H31NO2. The van der Waals surface area contributed by atoms with Crippen molar-refractivity contribution in [2.75, 3.05) is 33.5 Å². The van der Waals surface area contributed by atoms with Gasteiger partial charge in [0.25, 0.3) is 0 Å². The summed E-state index contributed by atoms with van der Waals surface area (Å²) >= 11 is 0. The van der Waals surface area contributed by atoms with Gasteiger partial charge in [-0.25, -0.2) is 0 Å². The van der Waals surface area contributed by atoms with Crippen LogP contribution in [0.25, 0.3) is 0 Å². The second kappa shape index (κ2) is 9.76. The molecule has 1 saturated carbocycles. The maximum absolute atomic E-state index is 5.71. The Morgan fingerprint density at radius 3 is 2.39 bits per heavy atom. The Morgan fingerprint density at radius 1 is 1.11 bits per heavy atom. The van der Waals surface area contributed by atoms with Gasteiger partial charge in [-0.05, 0) is 31.2 Å². The van der Waals surface area contributed by atoms with Gasteiger partial charge >= 0.3 is 0 Å². The van der Waals surface area contributed by atoms with Crippen molar-refractivity contribution in [3.05, 3.63) is 0 Å². The standard InChI is InChI=1S/C15H31NO2/c1-4-13-6-8-14(9-7-13)15(16-5-2)12-18-11-10-17-3/h13-16H,4-12H2,1-3H3. The number of likely N-dealkylation sites (N-methyl/N-ethyl adjacent to an activating group) is 1. The summed E-state index contributed by atoms with van der Waals surface area (Å²) in [5, 5.41) is 3.60. The molecule has 1 aliphatic carbocycles. The molecule has 0 heterocycles. The number of rotatable bonds is 9. The lowest BCUT2D eigenvalue weighted by molar-refractivity contribution is 0.0430. The van der Waals surface area contributed by atoms with Crippen LogP contribution in [-0.4, -0.2) is 39.5 Å². The van der Waals surface area contributed by atoms with Gasteiger partial charge in [-0.1, -0.05) is 33.1 Å². The first-order valence-corrected chi connectivity index (χ1v) is 7.61. The van der Waals surface area contributed by atoms with Crippen molar-refractivity contribution in [3.8, 4) is 0 Å². The van der Waals surface area contributed by atoms with Crippen LogP contribution >= 0.6 is 0 Å². The topological polar surface area (TPSA) is 30.5 Å². The van der Waals surface area contributed by atoms with E-state index in [0.717, 1.165) is 25.0 Å². The van der Waals surface area contributed by atoms with E-state index in [2.05, 4.69) is 19.2 Å². The number of hydrogen-bond acceptors (Lipinski definition) is 3. The molecule has 1 rings (SSSR count). The minimum absolute atomic E-state index is 0.532. The van der Waals surface area contributed by atoms with Gasteiger partial charge in [-0.3, -0.25) is 0 Å². The first-order chi connectivity index (χ1) is 8.81. The number of ether oxygens (including phenoxy) is 2. The Bertz CT molecular complexity index is 191. The molecule has 1 unspecified atom stereocenters. The molecule has 0 aliphatic heterocycles. The lowest BCUT2D eigenvalue weighted by Crippen LogP contribution is -2.41. The smallest absolute Gasteiger partial charge is 0.0701 e. The summed E-state index contributed by atoms with van der Waals surface area (Å²) in [6, 6.07) is 0.532. The summed E-state index contributed by atoms with van der Waals surface area (Å²) in [7, 11) is 1.72. The molecule has 0 radical (unpaired) electrons. The van der Waals surface area contributed by atoms with Gasteiger partial charge in [-0.15, -0.1) is 0 Å². The largest absolute Gasteiger partial charge is 0.382 e. The molecule has 3 nitrogen and oxygen atoms in total. The fourth-order valence-electron chi connectivity index (χ4n) is 2.98. The molecule has 1 aliphatic rings. The first-order valence-electron chi connectivity index (χ1n) is 7.61. The highest BCUT2D eigenvalue weighted by molar-refractivity contribution is 4.81. The Labute approximate surface area is 113 Å². The fraction of sp³-hybridized carbons (Fsp3) is 1.00. The molecule has 0 amide bonds. The van der Waals surface area contributed by atoms with Crippen molar-refractivity contribution in [2.24, 2.45) is 11.8 Å². The quantitative estimate of drug-likeness (QED) is 0.644. The van der Waals surface area contributed by atoms with Crippen molar-refractivity contribution in [1.82, 2.24) is 5.32 Å². The van der Waals surface area contributed by atoms with Crippen molar-refractivity contribution in [2.45, 2.75) is 52.0 Å². The highest BCUT2D eigenvalue weighted by atomic mass is 16.5. The summed E-state index contributed by atoms with van der Waals surface area (Å²) in [5.74, 6) is 1.77. The third-order valence-corrected chi connectivity index (χ3v) is 4.23. The summed E-state index contributed by atoms with van der Waals surface area (Å²) in [5.41, 5.74) is 0. The summed E-state index contributed by atoms with van der Waals surface area (Å²) in [4.78, 5) is 0. The van der Waals surface area contributed by atoms with Gasteiger partial charge in [0.05, 0.1) is 19.8 Å². The van der Waals surface area contributed by atoms with Crippen LogP contribution in [0.4, 0.5) is 0 Å². The Balaban J connectivity index is 2.27. The average molecular weight is 257 g/mol. The van der Waals surface area contributed by atoms with Gasteiger partial charge in [-0.2, -0.15) is 0 Å². The molecule has 0 aromatic rings. The maximum atomic E-state index is 5.71. The second-order valence-corrected chi connectivity index (χ2v) is 5.42. The molecule has 18 heavy (non-hydrogen) atoms. The van der Waals surface area contributed by atoms with Crippen molar-refractivity contribution < 1.29 is 9.47 Å². The molecule has 0 spiro atoms. The van der Waals surface area contributed by atoms with E-state index in [-0.39, 0.29) is 0 Å². The Kier molecular flexibility index (Phi) is 8.64. The van der Waals surface area contributed by atoms with E-state index in [1.54, 1.807) is 7.11 Å². The minimum Gasteiger partial charge on any atom is -0.382 e. The SMILES string of the molecule is CCNC(COCCOC)C1CCC(CC)CC1. The lowest BCUT2D eigenvalue weighted by Gasteiger charge is -2.34. The molecular weight excluding hydrogens is 226 g/mol. The molecule has 0 bridgehead atoms. The van der Waals surface area contributed by atoms with Crippen molar-refractivity contribution in [3.63, 3.8) is 0 Å². The first kappa shape index (κ1) is 15.9. The van der Waals surface area contributed by atoms with E-state index >= 15 is 0 Å². The van der Waals surface area contributed by atoms with Crippen LogP contribution < -0.4 is 5.32 Å². The van der Waals surface area contributed by atoms with Crippen molar-refractivity contribution >= 4 is 0 Å². The zero-order valence-corrected chi connectivity index (χ0v) is 12.4. The van der Waals surface area contributed by atoms with Crippen LogP contribution in [0.15, 0.2) is 0 Å². The fourth-order valence-corrected chi connectivity index (χ4v) is 2.98. The van der Waals surface area contributed by atoms with Crippen LogP contribution in [-0.2, 0) is 9.47 Å². The van der Waals surface area contributed by atoms with Crippen LogP contribution in [0, 0.1) is 11.8 Å². The number of hydrogen-bond donors (Lipinski definition) is 1. The summed E-state index contributed by atoms with van der Waals surface area (Å²) in [6.45, 7) is 7.77. The third kappa shape index (κ3) is 5.68. The van der Waals surface area contributed by atoms with Crippen LogP contribution in [0.3, 0.4) is 0 Å². The van der Waals surface area contributed by atoms with Gasteiger partial charge < -0.3 is 14.8 Å². The van der Waals surface area contributed by atoms with Crippen molar-refractivity contribution in [1.29, 1.82) is 0 Å². The zero-order chi connectivity index (χ0) is 13.2. The minimum atomic E-state index is 0.532. The molecule has 1 N–H and O–H groups in total. The monoisotopic (exact) mass is 257 g/mol. The molecule has 108 valence electrons. The third-order valence-electron chi connectivity index (χ3n) is 4.23. The van der Waals surface area contributed by atoms with Gasteiger partial charge in [0.1, 0.15) is 0 Å². The van der Waals surface area contributed by atoms with Gasteiger partial charge in [0.15, 0.2) is 0 Å². The predicted molar refractivity (Wildman–Crippen MR) is 75.9 cm³/mol. The highest BCUT2D eigenvalue weighted by Gasteiger charge is 2.26. The van der Waals surface area contributed by atoms with Crippen LogP contribution in [0.5, 0.6) is 0 Å². The predicted octanol–water partition coefficient (Wildman–Crippen LogP) is 2.84. The molecule has 0 aromatic heterocycles. The molecule has 1 fully saturated rings. The highest BCUT2D eigenvalue weighted by Crippen LogP contribution is 2.32. The van der Waals surface area contributed by atoms with E-state index in [9.17, 15) is 0 Å². The van der Waals surface area contributed by atoms with E-state index in [4.69, 9.17) is 9.47 Å². The maximum Gasteiger partial charge on any atom is 0.0701 e. The van der Waals surface area contributed by atoms with E-state index in [0.29, 0.717) is 19.3 Å². The molecule has 3 heteroatoms. The summed E-state index contributed by atoms with van der Waals surface area (Å²) < 4.78 is 10.7. The molecule has 1 atom stereocenters. The molecule has 0 saturated heterocycles. The van der Waals surface area contributed by atoms with E-state index in [1.165, 1.54) is 32.1 Å². The lowest BCUT2D eigenvalue weighted by atomic mass is 9.78. The Morgan fingerprint density at radius 2 is 1.83 bits per heavy atom. The van der Waals surface area contributed by atoms with Gasteiger partial charge in [0.2, 0.25) is 0 Å². The van der Waals surface area contributed by atoms with Crippen LogP contribution in [0.2, 0.25) is 0 Å². The summed E-state index contributed by atoms with van der Waals surface area (Å²) in [6.07, 6.45) is 6.89. The zero-order valence-electron chi connectivity index (χ0n) is 12.4. The number of methoxy groups -OCH3 is 1. The average Bonchev–Trinajstić information content (AvgIpc) is 2.42. The second-order valence-electron chi connectivity index (χ2n) is 5.42. The van der Waals surface area contributed by atoms with Gasteiger partial charge in [0, 0.05) is 13.2 Å². The molecule has 0 aromatic carbocycles.